The first kappa shape index (κ1) is 8.85. The molecule has 1 aromatic rings. The standard InChI is InChI=1S/C11H12O4/c1-12-7-3-2-4-8-11(7)15-10(6-13-8)9-5-14-9/h2-4,9-10H,5-6H2,1H3. The minimum Gasteiger partial charge on any atom is -0.493 e. The fourth-order valence-electron chi connectivity index (χ4n) is 1.70. The Hall–Kier alpha value is -1.42. The van der Waals surface area contributed by atoms with E-state index in [2.05, 4.69) is 0 Å². The lowest BCUT2D eigenvalue weighted by Gasteiger charge is -2.26. The van der Waals surface area contributed by atoms with Crippen LogP contribution in [0, 0.1) is 0 Å². The number of hydrogen-bond donors (Lipinski definition) is 0. The number of rotatable bonds is 2. The van der Waals surface area contributed by atoms with Crippen LogP contribution >= 0.6 is 0 Å². The zero-order valence-electron chi connectivity index (χ0n) is 8.43. The van der Waals surface area contributed by atoms with Gasteiger partial charge >= 0.3 is 0 Å². The lowest BCUT2D eigenvalue weighted by atomic mass is 10.2. The van der Waals surface area contributed by atoms with Gasteiger partial charge in [-0.2, -0.15) is 0 Å². The summed E-state index contributed by atoms with van der Waals surface area (Å²) in [5.74, 6) is 2.14. The number of benzene rings is 1. The highest BCUT2D eigenvalue weighted by Crippen LogP contribution is 2.41. The van der Waals surface area contributed by atoms with Crippen molar-refractivity contribution < 1.29 is 18.9 Å². The van der Waals surface area contributed by atoms with E-state index in [4.69, 9.17) is 18.9 Å². The molecule has 0 N–H and O–H groups in total. The van der Waals surface area contributed by atoms with E-state index in [9.17, 15) is 0 Å². The average molecular weight is 208 g/mol. The number of ether oxygens (including phenoxy) is 4. The van der Waals surface area contributed by atoms with Crippen LogP contribution in [0.2, 0.25) is 0 Å². The van der Waals surface area contributed by atoms with Crippen LogP contribution in [0.3, 0.4) is 0 Å². The highest BCUT2D eigenvalue weighted by molar-refractivity contribution is 5.52. The van der Waals surface area contributed by atoms with Gasteiger partial charge in [-0.15, -0.1) is 0 Å². The second-order valence-electron chi connectivity index (χ2n) is 3.63. The highest BCUT2D eigenvalue weighted by atomic mass is 16.6. The monoisotopic (exact) mass is 208 g/mol. The smallest absolute Gasteiger partial charge is 0.204 e. The molecule has 2 aliphatic heterocycles. The summed E-state index contributed by atoms with van der Waals surface area (Å²) in [4.78, 5) is 0. The van der Waals surface area contributed by atoms with Gasteiger partial charge in [-0.1, -0.05) is 6.07 Å². The predicted molar refractivity (Wildman–Crippen MR) is 52.6 cm³/mol. The van der Waals surface area contributed by atoms with E-state index >= 15 is 0 Å². The van der Waals surface area contributed by atoms with E-state index in [-0.39, 0.29) is 12.2 Å². The molecule has 3 rings (SSSR count). The van der Waals surface area contributed by atoms with Crippen molar-refractivity contribution in [1.29, 1.82) is 0 Å². The maximum atomic E-state index is 5.80. The summed E-state index contributed by atoms with van der Waals surface area (Å²) in [5, 5.41) is 0. The Bertz CT molecular complexity index is 359. The number of hydrogen-bond acceptors (Lipinski definition) is 4. The molecule has 1 aromatic carbocycles. The summed E-state index contributed by atoms with van der Waals surface area (Å²) in [7, 11) is 1.62. The molecule has 4 heteroatoms. The van der Waals surface area contributed by atoms with Gasteiger partial charge in [0.2, 0.25) is 5.75 Å². The van der Waals surface area contributed by atoms with Gasteiger partial charge in [-0.3, -0.25) is 0 Å². The second-order valence-corrected chi connectivity index (χ2v) is 3.63. The quantitative estimate of drug-likeness (QED) is 0.685. The van der Waals surface area contributed by atoms with Gasteiger partial charge in [-0.05, 0) is 12.1 Å². The first-order valence-electron chi connectivity index (χ1n) is 4.96. The van der Waals surface area contributed by atoms with Crippen molar-refractivity contribution in [3.8, 4) is 17.2 Å². The van der Waals surface area contributed by atoms with Crippen molar-refractivity contribution in [3.05, 3.63) is 18.2 Å². The van der Waals surface area contributed by atoms with Gasteiger partial charge in [0.25, 0.3) is 0 Å². The van der Waals surface area contributed by atoms with Crippen molar-refractivity contribution in [2.24, 2.45) is 0 Å². The van der Waals surface area contributed by atoms with E-state index in [0.29, 0.717) is 18.1 Å². The minimum absolute atomic E-state index is 0.00574. The molecule has 0 aliphatic carbocycles. The zero-order chi connectivity index (χ0) is 10.3. The largest absolute Gasteiger partial charge is 0.493 e. The lowest BCUT2D eigenvalue weighted by molar-refractivity contribution is 0.0657. The third-order valence-electron chi connectivity index (χ3n) is 2.61. The van der Waals surface area contributed by atoms with E-state index in [1.54, 1.807) is 7.11 Å². The molecule has 1 fully saturated rings. The van der Waals surface area contributed by atoms with Gasteiger partial charge in [0, 0.05) is 0 Å². The summed E-state index contributed by atoms with van der Waals surface area (Å²) >= 11 is 0. The zero-order valence-corrected chi connectivity index (χ0v) is 8.43. The van der Waals surface area contributed by atoms with Gasteiger partial charge in [-0.25, -0.2) is 0 Å². The molecule has 80 valence electrons. The van der Waals surface area contributed by atoms with Crippen molar-refractivity contribution in [3.63, 3.8) is 0 Å². The van der Waals surface area contributed by atoms with E-state index in [1.165, 1.54) is 0 Å². The second kappa shape index (κ2) is 3.31. The summed E-state index contributed by atoms with van der Waals surface area (Å²) in [6.07, 6.45) is 0.178. The Balaban J connectivity index is 1.91. The fourth-order valence-corrected chi connectivity index (χ4v) is 1.70. The van der Waals surface area contributed by atoms with Crippen LogP contribution in [0.4, 0.5) is 0 Å². The molecule has 4 nitrogen and oxygen atoms in total. The summed E-state index contributed by atoms with van der Waals surface area (Å²) in [6, 6.07) is 5.62. The van der Waals surface area contributed by atoms with Gasteiger partial charge in [0.05, 0.1) is 13.7 Å². The number of fused-ring (bicyclic) bond motifs is 1. The topological polar surface area (TPSA) is 40.2 Å². The van der Waals surface area contributed by atoms with Crippen molar-refractivity contribution in [2.45, 2.75) is 12.2 Å². The third-order valence-corrected chi connectivity index (χ3v) is 2.61. The van der Waals surface area contributed by atoms with Gasteiger partial charge < -0.3 is 18.9 Å². The summed E-state index contributed by atoms with van der Waals surface area (Å²) < 4.78 is 21.8. The molecule has 1 saturated heterocycles. The Morgan fingerprint density at radius 1 is 1.27 bits per heavy atom. The van der Waals surface area contributed by atoms with E-state index < -0.39 is 0 Å². The Kier molecular flexibility index (Phi) is 1.95. The highest BCUT2D eigenvalue weighted by Gasteiger charge is 2.38. The first-order valence-corrected chi connectivity index (χ1v) is 4.96. The van der Waals surface area contributed by atoms with Crippen molar-refractivity contribution in [2.75, 3.05) is 20.3 Å². The molecule has 0 bridgehead atoms. The molecule has 2 aliphatic rings. The molecule has 0 spiro atoms. The van der Waals surface area contributed by atoms with Gasteiger partial charge in [0.1, 0.15) is 12.7 Å². The van der Waals surface area contributed by atoms with Crippen LogP contribution in [0.15, 0.2) is 18.2 Å². The predicted octanol–water partition coefficient (Wildman–Crippen LogP) is 1.23. The summed E-state index contributed by atoms with van der Waals surface area (Å²) in [5.41, 5.74) is 0. The molecule has 0 radical (unpaired) electrons. The fraction of sp³-hybridized carbons (Fsp3) is 0.455. The SMILES string of the molecule is COc1cccc2c1OC(C1CO1)CO2. The maximum Gasteiger partial charge on any atom is 0.204 e. The van der Waals surface area contributed by atoms with Crippen LogP contribution in [0.25, 0.3) is 0 Å². The van der Waals surface area contributed by atoms with Crippen LogP contribution < -0.4 is 14.2 Å². The lowest BCUT2D eigenvalue weighted by Crippen LogP contribution is -2.34. The Morgan fingerprint density at radius 3 is 2.87 bits per heavy atom. The molecule has 2 unspecified atom stereocenters. The van der Waals surface area contributed by atoms with Crippen molar-refractivity contribution in [1.82, 2.24) is 0 Å². The van der Waals surface area contributed by atoms with Crippen molar-refractivity contribution >= 4 is 0 Å². The molecular formula is C11H12O4. The van der Waals surface area contributed by atoms with Crippen LogP contribution in [0.5, 0.6) is 17.2 Å². The Morgan fingerprint density at radius 2 is 2.13 bits per heavy atom. The molecule has 0 amide bonds. The molecule has 2 heterocycles. The molecule has 15 heavy (non-hydrogen) atoms. The van der Waals surface area contributed by atoms with E-state index in [1.807, 2.05) is 18.2 Å². The van der Waals surface area contributed by atoms with Crippen LogP contribution in [-0.2, 0) is 4.74 Å². The molecule has 0 saturated carbocycles. The Labute approximate surface area is 87.7 Å². The number of methoxy groups -OCH3 is 1. The molecular weight excluding hydrogens is 196 g/mol. The molecule has 2 atom stereocenters. The first-order chi connectivity index (χ1) is 7.38. The van der Waals surface area contributed by atoms with E-state index in [0.717, 1.165) is 12.4 Å². The summed E-state index contributed by atoms with van der Waals surface area (Å²) in [6.45, 7) is 1.31. The molecule has 0 aromatic heterocycles. The maximum absolute atomic E-state index is 5.80. The normalized spacial score (nSPS) is 27.3. The number of para-hydroxylation sites is 1. The minimum atomic E-state index is -0.00574. The average Bonchev–Trinajstić information content (AvgIpc) is 3.11. The third kappa shape index (κ3) is 1.51. The van der Waals surface area contributed by atoms with Crippen LogP contribution in [0.1, 0.15) is 0 Å². The van der Waals surface area contributed by atoms with Gasteiger partial charge in [0.15, 0.2) is 17.6 Å². The van der Waals surface area contributed by atoms with Crippen LogP contribution in [-0.4, -0.2) is 32.5 Å². The number of epoxide rings is 1.